The molecule has 128 valence electrons. The molecule has 0 aliphatic heterocycles. The number of carboxylic acids is 1. The van der Waals surface area contributed by atoms with Crippen molar-refractivity contribution in [2.24, 2.45) is 5.14 Å². The normalized spacial score (nSPS) is 11.4. The van der Waals surface area contributed by atoms with Gasteiger partial charge in [-0.05, 0) is 43.3 Å². The van der Waals surface area contributed by atoms with E-state index in [0.29, 0.717) is 16.9 Å². The molecule has 1 heterocycles. The monoisotopic (exact) mass is 358 g/mol. The molecule has 2 aromatic carbocycles. The second-order valence-electron chi connectivity index (χ2n) is 5.36. The molecule has 0 aliphatic carbocycles. The molecule has 25 heavy (non-hydrogen) atoms. The lowest BCUT2D eigenvalue weighted by Crippen LogP contribution is -2.11. The Morgan fingerprint density at radius 3 is 2.40 bits per heavy atom. The number of nitrogens with one attached hydrogen (secondary N) is 1. The molecule has 0 spiro atoms. The Labute approximate surface area is 143 Å². The first-order valence-corrected chi connectivity index (χ1v) is 8.70. The van der Waals surface area contributed by atoms with Crippen LogP contribution >= 0.6 is 0 Å². The maximum atomic E-state index is 11.3. The number of aryl methyl sites for hydroxylation is 1. The van der Waals surface area contributed by atoms with Crippen molar-refractivity contribution in [3.05, 3.63) is 53.7 Å². The fourth-order valence-corrected chi connectivity index (χ4v) is 2.85. The number of anilines is 2. The van der Waals surface area contributed by atoms with E-state index in [4.69, 9.17) is 10.2 Å². The van der Waals surface area contributed by atoms with Crippen LogP contribution in [0.15, 0.2) is 47.4 Å². The molecule has 0 unspecified atom stereocenters. The SMILES string of the molecule is Cc1nc(Nc2ccc(S(N)(=O)=O)cc2)nc2cc(C(=O)O)ccc12. The number of aromatic nitrogens is 2. The average Bonchev–Trinajstić information content (AvgIpc) is 2.54. The third-order valence-electron chi connectivity index (χ3n) is 3.57. The molecule has 0 aliphatic rings. The summed E-state index contributed by atoms with van der Waals surface area (Å²) in [6.07, 6.45) is 0. The highest BCUT2D eigenvalue weighted by Crippen LogP contribution is 2.21. The number of benzene rings is 2. The number of fused-ring (bicyclic) bond motifs is 1. The Morgan fingerprint density at radius 2 is 1.80 bits per heavy atom. The molecule has 0 saturated carbocycles. The van der Waals surface area contributed by atoms with Gasteiger partial charge in [0.25, 0.3) is 0 Å². The highest BCUT2D eigenvalue weighted by Gasteiger charge is 2.10. The van der Waals surface area contributed by atoms with Gasteiger partial charge >= 0.3 is 5.97 Å². The van der Waals surface area contributed by atoms with Crippen LogP contribution < -0.4 is 10.5 Å². The Hall–Kier alpha value is -3.04. The van der Waals surface area contributed by atoms with E-state index in [-0.39, 0.29) is 16.4 Å². The maximum Gasteiger partial charge on any atom is 0.335 e. The van der Waals surface area contributed by atoms with Gasteiger partial charge in [0.05, 0.1) is 21.7 Å². The molecule has 0 amide bonds. The standard InChI is InChI=1S/C16H14N4O4S/c1-9-13-7-2-10(15(21)22)8-14(13)20-16(18-9)19-11-3-5-12(6-4-11)25(17,23)24/h2-8H,1H3,(H,21,22)(H2,17,23,24)(H,18,19,20). The third kappa shape index (κ3) is 3.57. The van der Waals surface area contributed by atoms with Crippen molar-refractivity contribution < 1.29 is 18.3 Å². The average molecular weight is 358 g/mol. The molecule has 3 rings (SSSR count). The van der Waals surface area contributed by atoms with Gasteiger partial charge in [0.2, 0.25) is 16.0 Å². The van der Waals surface area contributed by atoms with E-state index in [1.165, 1.54) is 36.4 Å². The Kier molecular flexibility index (Phi) is 4.11. The minimum atomic E-state index is -3.76. The van der Waals surface area contributed by atoms with E-state index in [1.807, 2.05) is 0 Å². The third-order valence-corrected chi connectivity index (χ3v) is 4.50. The summed E-state index contributed by atoms with van der Waals surface area (Å²) < 4.78 is 22.5. The zero-order valence-electron chi connectivity index (χ0n) is 13.1. The highest BCUT2D eigenvalue weighted by atomic mass is 32.2. The molecule has 0 fully saturated rings. The summed E-state index contributed by atoms with van der Waals surface area (Å²) in [4.78, 5) is 19.7. The van der Waals surface area contributed by atoms with E-state index in [9.17, 15) is 13.2 Å². The second-order valence-corrected chi connectivity index (χ2v) is 6.93. The quantitative estimate of drug-likeness (QED) is 0.649. The molecule has 0 radical (unpaired) electrons. The summed E-state index contributed by atoms with van der Waals surface area (Å²) in [5.41, 5.74) is 1.89. The zero-order chi connectivity index (χ0) is 18.2. The van der Waals surface area contributed by atoms with Crippen molar-refractivity contribution in [2.75, 3.05) is 5.32 Å². The number of hydrogen-bond donors (Lipinski definition) is 3. The van der Waals surface area contributed by atoms with Gasteiger partial charge in [-0.3, -0.25) is 0 Å². The first kappa shape index (κ1) is 16.8. The maximum absolute atomic E-state index is 11.3. The lowest BCUT2D eigenvalue weighted by Gasteiger charge is -2.09. The molecule has 1 aromatic heterocycles. The van der Waals surface area contributed by atoms with Gasteiger partial charge in [0.1, 0.15) is 0 Å². The molecule has 9 heteroatoms. The molecule has 0 bridgehead atoms. The number of hydrogen-bond acceptors (Lipinski definition) is 6. The first-order chi connectivity index (χ1) is 11.7. The van der Waals surface area contributed by atoms with Crippen molar-refractivity contribution in [3.8, 4) is 0 Å². The van der Waals surface area contributed by atoms with Crippen molar-refractivity contribution in [1.29, 1.82) is 0 Å². The Balaban J connectivity index is 1.97. The molecule has 0 saturated heterocycles. The van der Waals surface area contributed by atoms with Crippen LogP contribution in [0.5, 0.6) is 0 Å². The van der Waals surface area contributed by atoms with Crippen LogP contribution in [0.3, 0.4) is 0 Å². The van der Waals surface area contributed by atoms with Crippen LogP contribution in [0, 0.1) is 6.92 Å². The van der Waals surface area contributed by atoms with E-state index in [2.05, 4.69) is 15.3 Å². The van der Waals surface area contributed by atoms with Gasteiger partial charge in [-0.15, -0.1) is 0 Å². The summed E-state index contributed by atoms with van der Waals surface area (Å²) in [7, 11) is -3.76. The van der Waals surface area contributed by atoms with Crippen LogP contribution in [-0.2, 0) is 10.0 Å². The minimum Gasteiger partial charge on any atom is -0.478 e. The number of primary sulfonamides is 1. The molecule has 4 N–H and O–H groups in total. The molecule has 3 aromatic rings. The summed E-state index contributed by atoms with van der Waals surface area (Å²) in [6, 6.07) is 10.5. The highest BCUT2D eigenvalue weighted by molar-refractivity contribution is 7.89. The van der Waals surface area contributed by atoms with Crippen LogP contribution in [0.4, 0.5) is 11.6 Å². The molecular formula is C16H14N4O4S. The van der Waals surface area contributed by atoms with Crippen LogP contribution in [0.1, 0.15) is 16.1 Å². The number of rotatable bonds is 4. The van der Waals surface area contributed by atoms with E-state index in [1.54, 1.807) is 13.0 Å². The largest absolute Gasteiger partial charge is 0.478 e. The summed E-state index contributed by atoms with van der Waals surface area (Å²) in [6.45, 7) is 1.79. The van der Waals surface area contributed by atoms with E-state index in [0.717, 1.165) is 5.39 Å². The predicted octanol–water partition coefficient (Wildman–Crippen LogP) is 2.03. The fourth-order valence-electron chi connectivity index (χ4n) is 2.33. The van der Waals surface area contributed by atoms with Gasteiger partial charge in [0.15, 0.2) is 0 Å². The lowest BCUT2D eigenvalue weighted by molar-refractivity contribution is 0.0697. The Bertz CT molecular complexity index is 1080. The Morgan fingerprint density at radius 1 is 1.12 bits per heavy atom. The van der Waals surface area contributed by atoms with Crippen molar-refractivity contribution in [2.45, 2.75) is 11.8 Å². The van der Waals surface area contributed by atoms with Gasteiger partial charge < -0.3 is 10.4 Å². The number of aromatic carboxylic acids is 1. The summed E-state index contributed by atoms with van der Waals surface area (Å²) in [5.74, 6) is -0.762. The first-order valence-electron chi connectivity index (χ1n) is 7.15. The molecular weight excluding hydrogens is 344 g/mol. The van der Waals surface area contributed by atoms with Crippen molar-refractivity contribution >= 4 is 38.5 Å². The van der Waals surface area contributed by atoms with E-state index >= 15 is 0 Å². The van der Waals surface area contributed by atoms with Gasteiger partial charge in [0, 0.05) is 11.1 Å². The molecule has 0 atom stereocenters. The lowest BCUT2D eigenvalue weighted by atomic mass is 10.1. The smallest absolute Gasteiger partial charge is 0.335 e. The van der Waals surface area contributed by atoms with Crippen molar-refractivity contribution in [3.63, 3.8) is 0 Å². The number of carbonyl (C=O) groups is 1. The van der Waals surface area contributed by atoms with Crippen molar-refractivity contribution in [1.82, 2.24) is 9.97 Å². The number of nitrogens with zero attached hydrogens (tertiary/aromatic N) is 2. The van der Waals surface area contributed by atoms with Gasteiger partial charge in [-0.25, -0.2) is 28.3 Å². The topological polar surface area (TPSA) is 135 Å². The van der Waals surface area contributed by atoms with Gasteiger partial charge in [-0.2, -0.15) is 0 Å². The van der Waals surface area contributed by atoms with Crippen LogP contribution in [-0.4, -0.2) is 29.5 Å². The predicted molar refractivity (Wildman–Crippen MR) is 92.3 cm³/mol. The van der Waals surface area contributed by atoms with E-state index < -0.39 is 16.0 Å². The number of carboxylic acid groups (broad SMARTS) is 1. The van der Waals surface area contributed by atoms with Crippen LogP contribution in [0.25, 0.3) is 10.9 Å². The second kappa shape index (κ2) is 6.11. The fraction of sp³-hybridized carbons (Fsp3) is 0.0625. The number of sulfonamides is 1. The van der Waals surface area contributed by atoms with Gasteiger partial charge in [-0.1, -0.05) is 6.07 Å². The summed E-state index contributed by atoms with van der Waals surface area (Å²) in [5, 5.41) is 17.9. The molecule has 8 nitrogen and oxygen atoms in total. The number of nitrogens with two attached hydrogens (primary N) is 1. The minimum absolute atomic E-state index is 0.000222. The summed E-state index contributed by atoms with van der Waals surface area (Å²) >= 11 is 0. The van der Waals surface area contributed by atoms with Crippen LogP contribution in [0.2, 0.25) is 0 Å². The zero-order valence-corrected chi connectivity index (χ0v) is 13.9.